The lowest BCUT2D eigenvalue weighted by molar-refractivity contribution is -0.384. The van der Waals surface area contributed by atoms with Gasteiger partial charge in [0.05, 0.1) is 4.92 Å². The zero-order valence-corrected chi connectivity index (χ0v) is 12.1. The van der Waals surface area contributed by atoms with E-state index in [1.165, 1.54) is 12.1 Å². The first-order valence-electron chi connectivity index (χ1n) is 7.21. The third-order valence-electron chi connectivity index (χ3n) is 3.96. The number of carbonyl (C=O) groups excluding carboxylic acids is 1. The molecule has 23 heavy (non-hydrogen) atoms. The number of benzene rings is 1. The fourth-order valence-electron chi connectivity index (χ4n) is 2.62. The number of carbonyl (C=O) groups is 2. The van der Waals surface area contributed by atoms with Crippen LogP contribution in [0, 0.1) is 16.0 Å². The van der Waals surface area contributed by atoms with Crippen LogP contribution in [0.25, 0.3) is 10.9 Å². The van der Waals surface area contributed by atoms with Crippen molar-refractivity contribution < 1.29 is 19.6 Å². The smallest absolute Gasteiger partial charge is 0.326 e. The number of aliphatic carboxylic acids is 1. The molecule has 8 heteroatoms. The van der Waals surface area contributed by atoms with Gasteiger partial charge >= 0.3 is 5.97 Å². The molecule has 0 radical (unpaired) electrons. The van der Waals surface area contributed by atoms with Gasteiger partial charge < -0.3 is 15.0 Å². The Morgan fingerprint density at radius 2 is 2.13 bits per heavy atom. The van der Waals surface area contributed by atoms with Crippen molar-refractivity contribution in [1.29, 1.82) is 0 Å². The first kappa shape index (κ1) is 15.0. The van der Waals surface area contributed by atoms with Crippen molar-refractivity contribution in [2.45, 2.75) is 25.4 Å². The summed E-state index contributed by atoms with van der Waals surface area (Å²) < 4.78 is 1.64. The van der Waals surface area contributed by atoms with Crippen molar-refractivity contribution in [3.05, 3.63) is 40.6 Å². The standard InChI is InChI=1S/C15H15N3O5/c19-13(16-14(15(20)21)9-1-2-9)8-17-6-5-10-7-11(18(22)23)3-4-12(10)17/h3-7,9,14H,1-2,8H2,(H,16,19)(H,20,21). The number of nitro benzene ring substituents is 1. The minimum absolute atomic E-state index is 0.0144. The van der Waals surface area contributed by atoms with Gasteiger partial charge in [-0.25, -0.2) is 4.79 Å². The van der Waals surface area contributed by atoms with Gasteiger partial charge in [0.25, 0.3) is 5.69 Å². The highest BCUT2D eigenvalue weighted by Gasteiger charge is 2.37. The van der Waals surface area contributed by atoms with Gasteiger partial charge in [0.2, 0.25) is 5.91 Å². The van der Waals surface area contributed by atoms with E-state index < -0.39 is 16.9 Å². The van der Waals surface area contributed by atoms with Gasteiger partial charge in [0, 0.05) is 29.2 Å². The fraction of sp³-hybridized carbons (Fsp3) is 0.333. The molecular formula is C15H15N3O5. The third kappa shape index (κ3) is 3.15. The average Bonchev–Trinajstić information content (AvgIpc) is 3.26. The number of fused-ring (bicyclic) bond motifs is 1. The van der Waals surface area contributed by atoms with Crippen molar-refractivity contribution in [3.8, 4) is 0 Å². The van der Waals surface area contributed by atoms with Crippen LogP contribution in [-0.2, 0) is 16.1 Å². The monoisotopic (exact) mass is 317 g/mol. The summed E-state index contributed by atoms with van der Waals surface area (Å²) in [5, 5.41) is 23.1. The lowest BCUT2D eigenvalue weighted by atomic mass is 10.2. The number of carboxylic acids is 1. The van der Waals surface area contributed by atoms with Crippen LogP contribution in [-0.4, -0.2) is 32.5 Å². The molecular weight excluding hydrogens is 302 g/mol. The van der Waals surface area contributed by atoms with Crippen LogP contribution in [0.3, 0.4) is 0 Å². The number of carboxylic acid groups (broad SMARTS) is 1. The van der Waals surface area contributed by atoms with E-state index in [0.29, 0.717) is 10.9 Å². The van der Waals surface area contributed by atoms with Crippen LogP contribution in [0.5, 0.6) is 0 Å². The second-order valence-corrected chi connectivity index (χ2v) is 5.66. The first-order chi connectivity index (χ1) is 11.0. The Morgan fingerprint density at radius 3 is 2.74 bits per heavy atom. The molecule has 1 heterocycles. The topological polar surface area (TPSA) is 114 Å². The molecule has 1 aliphatic carbocycles. The quantitative estimate of drug-likeness (QED) is 0.619. The fourth-order valence-corrected chi connectivity index (χ4v) is 2.62. The van der Waals surface area contributed by atoms with E-state index in [9.17, 15) is 19.7 Å². The molecule has 1 fully saturated rings. The van der Waals surface area contributed by atoms with Gasteiger partial charge in [-0.05, 0) is 30.9 Å². The van der Waals surface area contributed by atoms with E-state index in [0.717, 1.165) is 12.8 Å². The molecule has 1 saturated carbocycles. The highest BCUT2D eigenvalue weighted by atomic mass is 16.6. The van der Waals surface area contributed by atoms with E-state index in [2.05, 4.69) is 5.32 Å². The van der Waals surface area contributed by atoms with Crippen LogP contribution in [0.1, 0.15) is 12.8 Å². The summed E-state index contributed by atoms with van der Waals surface area (Å²) in [5.74, 6) is -1.39. The molecule has 1 amide bonds. The molecule has 8 nitrogen and oxygen atoms in total. The number of rotatable bonds is 6. The number of hydrogen-bond acceptors (Lipinski definition) is 4. The Hall–Kier alpha value is -2.90. The van der Waals surface area contributed by atoms with Crippen LogP contribution in [0.15, 0.2) is 30.5 Å². The summed E-state index contributed by atoms with van der Waals surface area (Å²) in [5.41, 5.74) is 0.670. The minimum atomic E-state index is -1.02. The highest BCUT2D eigenvalue weighted by molar-refractivity contribution is 5.87. The molecule has 1 aromatic heterocycles. The van der Waals surface area contributed by atoms with Gasteiger partial charge in [-0.15, -0.1) is 0 Å². The van der Waals surface area contributed by atoms with Crippen LogP contribution >= 0.6 is 0 Å². The van der Waals surface area contributed by atoms with Crippen molar-refractivity contribution in [2.75, 3.05) is 0 Å². The lowest BCUT2D eigenvalue weighted by Crippen LogP contribution is -2.43. The number of nitro groups is 1. The molecule has 1 aliphatic rings. The summed E-state index contributed by atoms with van der Waals surface area (Å²) in [6.45, 7) is -0.0299. The Labute approximate surface area is 130 Å². The second-order valence-electron chi connectivity index (χ2n) is 5.66. The van der Waals surface area contributed by atoms with Crippen molar-refractivity contribution >= 4 is 28.5 Å². The second kappa shape index (κ2) is 5.71. The molecule has 2 N–H and O–H groups in total. The zero-order valence-electron chi connectivity index (χ0n) is 12.1. The molecule has 1 atom stereocenters. The van der Waals surface area contributed by atoms with Gasteiger partial charge in [-0.1, -0.05) is 0 Å². The van der Waals surface area contributed by atoms with Crippen LogP contribution < -0.4 is 5.32 Å². The van der Waals surface area contributed by atoms with Crippen molar-refractivity contribution in [2.24, 2.45) is 5.92 Å². The molecule has 1 unspecified atom stereocenters. The predicted octanol–water partition coefficient (Wildman–Crippen LogP) is 1.53. The Balaban J connectivity index is 1.74. The molecule has 2 aromatic rings. The van der Waals surface area contributed by atoms with Crippen LogP contribution in [0.2, 0.25) is 0 Å². The summed E-state index contributed by atoms with van der Waals surface area (Å²) in [4.78, 5) is 33.5. The predicted molar refractivity (Wildman–Crippen MR) is 80.9 cm³/mol. The number of amides is 1. The van der Waals surface area contributed by atoms with Gasteiger partial charge in [0.1, 0.15) is 12.6 Å². The number of hydrogen-bond donors (Lipinski definition) is 2. The largest absolute Gasteiger partial charge is 0.480 e. The Morgan fingerprint density at radius 1 is 1.39 bits per heavy atom. The molecule has 120 valence electrons. The van der Waals surface area contributed by atoms with Gasteiger partial charge in [0.15, 0.2) is 0 Å². The maximum atomic E-state index is 12.1. The summed E-state index contributed by atoms with van der Waals surface area (Å²) in [6.07, 6.45) is 3.28. The van der Waals surface area contributed by atoms with E-state index in [1.54, 1.807) is 22.9 Å². The SMILES string of the molecule is O=C(Cn1ccc2cc([N+](=O)[O-])ccc21)NC(C(=O)O)C1CC1. The molecule has 3 rings (SSSR count). The van der Waals surface area contributed by atoms with Gasteiger partial charge in [-0.2, -0.15) is 0 Å². The normalized spacial score (nSPS) is 15.3. The average molecular weight is 317 g/mol. The summed E-state index contributed by atoms with van der Waals surface area (Å²) in [6, 6.07) is 5.24. The minimum Gasteiger partial charge on any atom is -0.480 e. The Kier molecular flexibility index (Phi) is 3.73. The molecule has 0 bridgehead atoms. The molecule has 0 saturated heterocycles. The maximum Gasteiger partial charge on any atom is 0.326 e. The molecule has 1 aromatic carbocycles. The number of nitrogens with zero attached hydrogens (tertiary/aromatic N) is 2. The highest BCUT2D eigenvalue weighted by Crippen LogP contribution is 2.32. The summed E-state index contributed by atoms with van der Waals surface area (Å²) >= 11 is 0. The first-order valence-corrected chi connectivity index (χ1v) is 7.21. The maximum absolute atomic E-state index is 12.1. The number of non-ortho nitro benzene ring substituents is 1. The number of nitrogens with one attached hydrogen (secondary N) is 1. The van der Waals surface area contributed by atoms with E-state index in [-0.39, 0.29) is 24.1 Å². The Bertz CT molecular complexity index is 794. The van der Waals surface area contributed by atoms with Crippen molar-refractivity contribution in [3.63, 3.8) is 0 Å². The van der Waals surface area contributed by atoms with Crippen molar-refractivity contribution in [1.82, 2.24) is 9.88 Å². The van der Waals surface area contributed by atoms with Gasteiger partial charge in [-0.3, -0.25) is 14.9 Å². The molecule has 0 aliphatic heterocycles. The molecule has 0 spiro atoms. The van der Waals surface area contributed by atoms with Crippen LogP contribution in [0.4, 0.5) is 5.69 Å². The lowest BCUT2D eigenvalue weighted by Gasteiger charge is -2.14. The number of aromatic nitrogens is 1. The van der Waals surface area contributed by atoms with E-state index >= 15 is 0 Å². The van der Waals surface area contributed by atoms with E-state index in [4.69, 9.17) is 5.11 Å². The van der Waals surface area contributed by atoms with E-state index in [1.807, 2.05) is 0 Å². The zero-order chi connectivity index (χ0) is 16.6. The summed E-state index contributed by atoms with van der Waals surface area (Å²) in [7, 11) is 0. The third-order valence-corrected chi connectivity index (χ3v) is 3.96.